The van der Waals surface area contributed by atoms with Gasteiger partial charge >= 0.3 is 5.97 Å². The van der Waals surface area contributed by atoms with Crippen LogP contribution >= 0.6 is 0 Å². The summed E-state index contributed by atoms with van der Waals surface area (Å²) in [6.45, 7) is 2.12. The van der Waals surface area contributed by atoms with Crippen molar-refractivity contribution in [1.29, 1.82) is 0 Å². The van der Waals surface area contributed by atoms with Crippen LogP contribution in [0.25, 0.3) is 0 Å². The van der Waals surface area contributed by atoms with E-state index in [2.05, 4.69) is 40.6 Å². The number of methoxy groups -OCH3 is 2. The average molecular weight is 366 g/mol. The molecule has 1 aromatic rings. The molecule has 2 spiro atoms. The van der Waals surface area contributed by atoms with Gasteiger partial charge in [-0.05, 0) is 43.9 Å². The molecule has 6 rings (SSSR count). The Bertz CT molecular complexity index is 882. The Morgan fingerprint density at radius 3 is 2.96 bits per heavy atom. The second-order valence-corrected chi connectivity index (χ2v) is 9.14. The third-order valence-corrected chi connectivity index (χ3v) is 8.37. The van der Waals surface area contributed by atoms with E-state index in [-0.39, 0.29) is 22.8 Å². The van der Waals surface area contributed by atoms with Crippen LogP contribution in [-0.2, 0) is 14.9 Å². The fourth-order valence-corrected chi connectivity index (χ4v) is 7.68. The molecule has 1 aromatic carbocycles. The molecule has 0 aromatic heterocycles. The molecule has 142 valence electrons. The lowest BCUT2D eigenvalue weighted by molar-refractivity contribution is -0.158. The summed E-state index contributed by atoms with van der Waals surface area (Å²) in [5.74, 6) is 0.827. The Balaban J connectivity index is 1.62. The van der Waals surface area contributed by atoms with Crippen LogP contribution in [0.4, 0.5) is 5.69 Å². The number of hydrogen-bond acceptors (Lipinski definition) is 5. The van der Waals surface area contributed by atoms with E-state index in [0.717, 1.165) is 50.2 Å². The third-order valence-electron chi connectivity index (χ3n) is 8.37. The van der Waals surface area contributed by atoms with Crippen molar-refractivity contribution in [2.45, 2.75) is 43.2 Å². The first-order chi connectivity index (χ1) is 13.1. The minimum atomic E-state index is -0.449. The van der Waals surface area contributed by atoms with Crippen molar-refractivity contribution in [3.05, 3.63) is 35.9 Å². The van der Waals surface area contributed by atoms with E-state index < -0.39 is 5.41 Å². The van der Waals surface area contributed by atoms with Crippen molar-refractivity contribution in [2.75, 3.05) is 32.6 Å². The van der Waals surface area contributed by atoms with E-state index in [9.17, 15) is 4.79 Å². The van der Waals surface area contributed by atoms with Crippen LogP contribution in [0.15, 0.2) is 30.4 Å². The van der Waals surface area contributed by atoms with Gasteiger partial charge in [0.1, 0.15) is 5.75 Å². The van der Waals surface area contributed by atoms with Gasteiger partial charge in [0.15, 0.2) is 0 Å². The first-order valence-corrected chi connectivity index (χ1v) is 10.0. The van der Waals surface area contributed by atoms with Crippen LogP contribution in [-0.4, -0.2) is 50.3 Å². The Labute approximate surface area is 159 Å². The molecule has 2 aliphatic carbocycles. The fraction of sp³-hybridized carbons (Fsp3) is 0.591. The quantitative estimate of drug-likeness (QED) is 0.644. The van der Waals surface area contributed by atoms with E-state index >= 15 is 0 Å². The zero-order chi connectivity index (χ0) is 18.4. The van der Waals surface area contributed by atoms with Gasteiger partial charge in [0.25, 0.3) is 0 Å². The predicted octanol–water partition coefficient (Wildman–Crippen LogP) is 2.71. The molecule has 3 fully saturated rings. The summed E-state index contributed by atoms with van der Waals surface area (Å²) in [4.78, 5) is 15.8. The highest BCUT2D eigenvalue weighted by molar-refractivity contribution is 5.83. The van der Waals surface area contributed by atoms with Crippen molar-refractivity contribution in [2.24, 2.45) is 10.8 Å². The normalized spacial score (nSPS) is 42.9. The van der Waals surface area contributed by atoms with Crippen molar-refractivity contribution < 1.29 is 14.3 Å². The summed E-state index contributed by atoms with van der Waals surface area (Å²) >= 11 is 0. The van der Waals surface area contributed by atoms with E-state index in [1.807, 2.05) is 0 Å². The molecule has 5 aliphatic rings. The van der Waals surface area contributed by atoms with Crippen molar-refractivity contribution in [3.8, 4) is 5.75 Å². The number of hydrogen-bond donors (Lipinski definition) is 1. The first-order valence-electron chi connectivity index (χ1n) is 10.0. The summed E-state index contributed by atoms with van der Waals surface area (Å²) in [6, 6.07) is 6.98. The van der Waals surface area contributed by atoms with Gasteiger partial charge in [0.2, 0.25) is 0 Å². The van der Waals surface area contributed by atoms with Gasteiger partial charge in [-0.1, -0.05) is 18.2 Å². The Kier molecular flexibility index (Phi) is 2.89. The predicted molar refractivity (Wildman–Crippen MR) is 102 cm³/mol. The number of carbonyl (C=O) groups excluding carboxylic acids is 1. The Morgan fingerprint density at radius 2 is 2.15 bits per heavy atom. The number of anilines is 1. The summed E-state index contributed by atoms with van der Waals surface area (Å²) in [7, 11) is 3.25. The number of ether oxygens (including phenoxy) is 2. The summed E-state index contributed by atoms with van der Waals surface area (Å²) < 4.78 is 10.9. The third kappa shape index (κ3) is 1.61. The first kappa shape index (κ1) is 16.0. The van der Waals surface area contributed by atoms with Gasteiger partial charge in [0.05, 0.1) is 25.7 Å². The second kappa shape index (κ2) is 4.88. The van der Waals surface area contributed by atoms with E-state index in [4.69, 9.17) is 9.47 Å². The summed E-state index contributed by atoms with van der Waals surface area (Å²) in [5.41, 5.74) is 2.12. The Morgan fingerprint density at radius 1 is 1.26 bits per heavy atom. The standard InChI is InChI=1S/C22H26N2O3/c1-26-14-4-5-15-16(12-14)23-17-21(19(25)27-2)8-7-20(13-21)6-3-10-24-11-9-22(15,17)18(20)24/h3-6,12,17-18,23H,7-11,13H2,1-2H3. The smallest absolute Gasteiger partial charge is 0.313 e. The second-order valence-electron chi connectivity index (χ2n) is 9.14. The minimum absolute atomic E-state index is 0.0324. The van der Waals surface area contributed by atoms with Gasteiger partial charge in [-0.25, -0.2) is 0 Å². The molecule has 3 heterocycles. The van der Waals surface area contributed by atoms with E-state index in [0.29, 0.717) is 6.04 Å². The summed E-state index contributed by atoms with van der Waals surface area (Å²) in [6.07, 6.45) is 8.75. The number of nitrogens with one attached hydrogen (secondary N) is 1. The van der Waals surface area contributed by atoms with Crippen LogP contribution in [0.3, 0.4) is 0 Å². The molecule has 3 aliphatic heterocycles. The number of rotatable bonds is 2. The van der Waals surface area contributed by atoms with Crippen molar-refractivity contribution in [3.63, 3.8) is 0 Å². The highest BCUT2D eigenvalue weighted by Gasteiger charge is 2.76. The molecule has 0 amide bonds. The van der Waals surface area contributed by atoms with E-state index in [1.165, 1.54) is 5.56 Å². The number of benzene rings is 1. The maximum Gasteiger partial charge on any atom is 0.313 e. The molecule has 2 saturated carbocycles. The molecule has 2 bridgehead atoms. The molecular formula is C22H26N2O3. The largest absolute Gasteiger partial charge is 0.497 e. The molecule has 0 radical (unpaired) electrons. The van der Waals surface area contributed by atoms with Crippen molar-refractivity contribution >= 4 is 11.7 Å². The maximum absolute atomic E-state index is 13.2. The monoisotopic (exact) mass is 366 g/mol. The maximum atomic E-state index is 13.2. The molecule has 5 unspecified atom stereocenters. The minimum Gasteiger partial charge on any atom is -0.497 e. The lowest BCUT2D eigenvalue weighted by Crippen LogP contribution is -2.66. The number of esters is 1. The topological polar surface area (TPSA) is 50.8 Å². The highest BCUT2D eigenvalue weighted by atomic mass is 16.5. The zero-order valence-electron chi connectivity index (χ0n) is 16.0. The van der Waals surface area contributed by atoms with Crippen LogP contribution < -0.4 is 10.1 Å². The molecular weight excluding hydrogens is 340 g/mol. The molecule has 1 N–H and O–H groups in total. The number of fused-ring (bicyclic) bond motifs is 3. The molecule has 1 saturated heterocycles. The molecule has 5 atom stereocenters. The van der Waals surface area contributed by atoms with Crippen LogP contribution in [0.2, 0.25) is 0 Å². The van der Waals surface area contributed by atoms with Gasteiger partial charge < -0.3 is 14.8 Å². The SMILES string of the molecule is COC(=O)C12CCC3(C=CCN4CCC5(c6ccc(OC)cc6NC15)C43)C2. The van der Waals surface area contributed by atoms with Crippen LogP contribution in [0, 0.1) is 10.8 Å². The number of nitrogens with zero attached hydrogens (tertiary/aromatic N) is 1. The van der Waals surface area contributed by atoms with Gasteiger partial charge in [-0.2, -0.15) is 0 Å². The lowest BCUT2D eigenvalue weighted by Gasteiger charge is -2.57. The van der Waals surface area contributed by atoms with Crippen molar-refractivity contribution in [1.82, 2.24) is 4.90 Å². The van der Waals surface area contributed by atoms with Crippen LogP contribution in [0.1, 0.15) is 31.2 Å². The highest BCUT2D eigenvalue weighted by Crippen LogP contribution is 2.72. The van der Waals surface area contributed by atoms with Crippen LogP contribution in [0.5, 0.6) is 5.75 Å². The Hall–Kier alpha value is -2.01. The average Bonchev–Trinajstić information content (AvgIpc) is 3.35. The van der Waals surface area contributed by atoms with E-state index in [1.54, 1.807) is 14.2 Å². The fourth-order valence-electron chi connectivity index (χ4n) is 7.68. The molecule has 5 nitrogen and oxygen atoms in total. The van der Waals surface area contributed by atoms with Gasteiger partial charge in [-0.3, -0.25) is 9.69 Å². The van der Waals surface area contributed by atoms with Gasteiger partial charge in [-0.15, -0.1) is 0 Å². The number of carbonyl (C=O) groups is 1. The zero-order valence-corrected chi connectivity index (χ0v) is 16.0. The molecule has 27 heavy (non-hydrogen) atoms. The van der Waals surface area contributed by atoms with Gasteiger partial charge in [0, 0.05) is 35.2 Å². The lowest BCUT2D eigenvalue weighted by atomic mass is 9.51. The molecule has 5 heteroatoms. The summed E-state index contributed by atoms with van der Waals surface area (Å²) in [5, 5.41) is 3.81.